The van der Waals surface area contributed by atoms with E-state index in [1.165, 1.54) is 5.56 Å². The average molecular weight is 246 g/mol. The number of likely N-dealkylation sites (tertiary alicyclic amines) is 1. The van der Waals surface area contributed by atoms with Crippen LogP contribution in [0.1, 0.15) is 24.0 Å². The predicted octanol–water partition coefficient (Wildman–Crippen LogP) is 2.58. The van der Waals surface area contributed by atoms with Crippen LogP contribution >= 0.6 is 0 Å². The van der Waals surface area contributed by atoms with Crippen LogP contribution in [0, 0.1) is 19.8 Å². The van der Waals surface area contributed by atoms with Gasteiger partial charge in [0.2, 0.25) is 5.91 Å². The first kappa shape index (κ1) is 13.1. The highest BCUT2D eigenvalue weighted by Gasteiger charge is 2.23. The van der Waals surface area contributed by atoms with Gasteiger partial charge in [-0.2, -0.15) is 0 Å². The van der Waals surface area contributed by atoms with Crippen LogP contribution < -0.4 is 5.32 Å². The van der Waals surface area contributed by atoms with E-state index < -0.39 is 0 Å². The Morgan fingerprint density at radius 3 is 2.56 bits per heavy atom. The van der Waals surface area contributed by atoms with Gasteiger partial charge in [0, 0.05) is 11.6 Å². The number of nitrogens with zero attached hydrogens (tertiary/aromatic N) is 1. The summed E-state index contributed by atoms with van der Waals surface area (Å²) in [6.45, 7) is 6.14. The Labute approximate surface area is 109 Å². The monoisotopic (exact) mass is 246 g/mol. The van der Waals surface area contributed by atoms with Gasteiger partial charge in [0.15, 0.2) is 0 Å². The van der Waals surface area contributed by atoms with Crippen LogP contribution in [0.5, 0.6) is 0 Å². The van der Waals surface area contributed by atoms with E-state index >= 15 is 0 Å². The molecular formula is C15H22N2O. The van der Waals surface area contributed by atoms with Crippen molar-refractivity contribution in [3.8, 4) is 0 Å². The molecule has 0 aliphatic carbocycles. The van der Waals surface area contributed by atoms with E-state index in [0.29, 0.717) is 0 Å². The number of hydrogen-bond donors (Lipinski definition) is 1. The van der Waals surface area contributed by atoms with E-state index in [-0.39, 0.29) is 11.8 Å². The van der Waals surface area contributed by atoms with Crippen molar-refractivity contribution < 1.29 is 4.79 Å². The summed E-state index contributed by atoms with van der Waals surface area (Å²) in [7, 11) is 2.11. The fourth-order valence-corrected chi connectivity index (χ4v) is 2.46. The lowest BCUT2D eigenvalue weighted by atomic mass is 9.96. The molecule has 1 amide bonds. The van der Waals surface area contributed by atoms with Crippen molar-refractivity contribution in [2.75, 3.05) is 25.5 Å². The molecule has 3 nitrogen and oxygen atoms in total. The zero-order chi connectivity index (χ0) is 13.1. The van der Waals surface area contributed by atoms with E-state index in [1.807, 2.05) is 19.1 Å². The van der Waals surface area contributed by atoms with Crippen LogP contribution in [0.2, 0.25) is 0 Å². The summed E-state index contributed by atoms with van der Waals surface area (Å²) in [4.78, 5) is 14.5. The second-order valence-corrected chi connectivity index (χ2v) is 5.39. The zero-order valence-electron chi connectivity index (χ0n) is 11.5. The third kappa shape index (κ3) is 3.10. The quantitative estimate of drug-likeness (QED) is 0.870. The van der Waals surface area contributed by atoms with Crippen LogP contribution in [-0.2, 0) is 4.79 Å². The Morgan fingerprint density at radius 1 is 1.28 bits per heavy atom. The van der Waals surface area contributed by atoms with E-state index in [0.717, 1.165) is 37.2 Å². The average Bonchev–Trinajstić information content (AvgIpc) is 2.33. The van der Waals surface area contributed by atoms with Gasteiger partial charge in [0.1, 0.15) is 0 Å². The molecule has 1 heterocycles. The molecule has 0 atom stereocenters. The molecule has 1 aromatic carbocycles. The first-order valence-corrected chi connectivity index (χ1v) is 6.63. The summed E-state index contributed by atoms with van der Waals surface area (Å²) >= 11 is 0. The molecule has 2 rings (SSSR count). The van der Waals surface area contributed by atoms with Crippen molar-refractivity contribution in [1.82, 2.24) is 4.90 Å². The van der Waals surface area contributed by atoms with Crippen LogP contribution in [-0.4, -0.2) is 30.9 Å². The van der Waals surface area contributed by atoms with Crippen molar-refractivity contribution in [3.63, 3.8) is 0 Å². The van der Waals surface area contributed by atoms with Crippen LogP contribution in [0.15, 0.2) is 18.2 Å². The van der Waals surface area contributed by atoms with Crippen molar-refractivity contribution in [2.24, 2.45) is 5.92 Å². The molecule has 0 aromatic heterocycles. The number of hydrogen-bond acceptors (Lipinski definition) is 2. The highest BCUT2D eigenvalue weighted by Crippen LogP contribution is 2.21. The number of rotatable bonds is 2. The molecule has 1 N–H and O–H groups in total. The first-order chi connectivity index (χ1) is 8.56. The Bertz CT molecular complexity index is 434. The molecule has 3 heteroatoms. The van der Waals surface area contributed by atoms with Crippen molar-refractivity contribution in [2.45, 2.75) is 26.7 Å². The first-order valence-electron chi connectivity index (χ1n) is 6.63. The Kier molecular flexibility index (Phi) is 4.02. The van der Waals surface area contributed by atoms with Crippen molar-refractivity contribution >= 4 is 11.6 Å². The molecular weight excluding hydrogens is 224 g/mol. The van der Waals surface area contributed by atoms with Crippen molar-refractivity contribution in [1.29, 1.82) is 0 Å². The van der Waals surface area contributed by atoms with Gasteiger partial charge in [-0.1, -0.05) is 17.7 Å². The third-order valence-electron chi connectivity index (χ3n) is 3.73. The van der Waals surface area contributed by atoms with E-state index in [9.17, 15) is 4.79 Å². The molecule has 1 aromatic rings. The van der Waals surface area contributed by atoms with E-state index in [1.54, 1.807) is 0 Å². The Morgan fingerprint density at radius 2 is 1.94 bits per heavy atom. The molecule has 1 aliphatic rings. The fourth-order valence-electron chi connectivity index (χ4n) is 2.46. The lowest BCUT2D eigenvalue weighted by Gasteiger charge is -2.28. The zero-order valence-corrected chi connectivity index (χ0v) is 11.5. The smallest absolute Gasteiger partial charge is 0.227 e. The van der Waals surface area contributed by atoms with E-state index in [4.69, 9.17) is 0 Å². The molecule has 1 saturated heterocycles. The van der Waals surface area contributed by atoms with E-state index in [2.05, 4.69) is 30.3 Å². The molecule has 98 valence electrons. The number of piperidine rings is 1. The van der Waals surface area contributed by atoms with Gasteiger partial charge in [0.25, 0.3) is 0 Å². The molecule has 0 bridgehead atoms. The van der Waals surface area contributed by atoms with Crippen molar-refractivity contribution in [3.05, 3.63) is 29.3 Å². The highest BCUT2D eigenvalue weighted by atomic mass is 16.1. The van der Waals surface area contributed by atoms with Gasteiger partial charge < -0.3 is 10.2 Å². The largest absolute Gasteiger partial charge is 0.326 e. The topological polar surface area (TPSA) is 32.3 Å². The minimum Gasteiger partial charge on any atom is -0.326 e. The summed E-state index contributed by atoms with van der Waals surface area (Å²) in [5.74, 6) is 0.344. The second kappa shape index (κ2) is 5.53. The number of nitrogens with one attached hydrogen (secondary N) is 1. The standard InChI is InChI=1S/C15H22N2O/c1-11-4-5-14(12(2)10-11)16-15(18)13-6-8-17(3)9-7-13/h4-5,10,13H,6-9H2,1-3H3,(H,16,18). The fraction of sp³-hybridized carbons (Fsp3) is 0.533. The summed E-state index contributed by atoms with van der Waals surface area (Å²) in [5, 5.41) is 3.06. The number of carbonyl (C=O) groups is 1. The number of benzene rings is 1. The Balaban J connectivity index is 1.98. The Hall–Kier alpha value is -1.35. The maximum absolute atomic E-state index is 12.2. The SMILES string of the molecule is Cc1ccc(NC(=O)C2CCN(C)CC2)c(C)c1. The molecule has 0 spiro atoms. The van der Waals surface area contributed by atoms with Crippen LogP contribution in [0.25, 0.3) is 0 Å². The molecule has 0 unspecified atom stereocenters. The van der Waals surface area contributed by atoms with Gasteiger partial charge in [-0.25, -0.2) is 0 Å². The number of anilines is 1. The molecule has 0 saturated carbocycles. The lowest BCUT2D eigenvalue weighted by molar-refractivity contribution is -0.121. The second-order valence-electron chi connectivity index (χ2n) is 5.39. The molecule has 18 heavy (non-hydrogen) atoms. The normalized spacial score (nSPS) is 17.7. The number of aryl methyl sites for hydroxylation is 2. The summed E-state index contributed by atoms with van der Waals surface area (Å²) in [6, 6.07) is 6.14. The van der Waals surface area contributed by atoms with Gasteiger partial charge in [-0.3, -0.25) is 4.79 Å². The number of carbonyl (C=O) groups excluding carboxylic acids is 1. The maximum atomic E-state index is 12.2. The number of amides is 1. The summed E-state index contributed by atoms with van der Waals surface area (Å²) in [5.41, 5.74) is 3.31. The van der Waals surface area contributed by atoms with Crippen LogP contribution in [0.4, 0.5) is 5.69 Å². The lowest BCUT2D eigenvalue weighted by Crippen LogP contribution is -2.36. The predicted molar refractivity (Wildman–Crippen MR) is 74.8 cm³/mol. The third-order valence-corrected chi connectivity index (χ3v) is 3.73. The van der Waals surface area contributed by atoms with Gasteiger partial charge in [0.05, 0.1) is 0 Å². The highest BCUT2D eigenvalue weighted by molar-refractivity contribution is 5.93. The van der Waals surface area contributed by atoms with Gasteiger partial charge >= 0.3 is 0 Å². The summed E-state index contributed by atoms with van der Waals surface area (Å²) in [6.07, 6.45) is 1.93. The molecule has 1 fully saturated rings. The minimum atomic E-state index is 0.168. The maximum Gasteiger partial charge on any atom is 0.227 e. The molecule has 0 radical (unpaired) electrons. The van der Waals surface area contributed by atoms with Gasteiger partial charge in [-0.05, 0) is 58.5 Å². The van der Waals surface area contributed by atoms with Gasteiger partial charge in [-0.15, -0.1) is 0 Å². The minimum absolute atomic E-state index is 0.168. The summed E-state index contributed by atoms with van der Waals surface area (Å²) < 4.78 is 0. The molecule has 1 aliphatic heterocycles. The van der Waals surface area contributed by atoms with Crippen LogP contribution in [0.3, 0.4) is 0 Å².